The van der Waals surface area contributed by atoms with Crippen molar-refractivity contribution in [2.24, 2.45) is 23.2 Å². The van der Waals surface area contributed by atoms with Crippen LogP contribution in [-0.4, -0.2) is 50.5 Å². The maximum Gasteiger partial charge on any atom is 0.293 e. The number of nitrogens with zero attached hydrogens (tertiary/aromatic N) is 2. The van der Waals surface area contributed by atoms with Crippen LogP contribution in [0.15, 0.2) is 23.1 Å². The molecule has 170 valence electrons. The van der Waals surface area contributed by atoms with Crippen molar-refractivity contribution < 1.29 is 18.1 Å². The number of rotatable bonds is 7. The fourth-order valence-electron chi connectivity index (χ4n) is 6.97. The highest BCUT2D eigenvalue weighted by molar-refractivity contribution is 7.89. The van der Waals surface area contributed by atoms with Gasteiger partial charge in [-0.2, -0.15) is 4.31 Å². The molecule has 4 aliphatic carbocycles. The van der Waals surface area contributed by atoms with E-state index in [1.807, 2.05) is 0 Å². The number of benzene rings is 1. The SMILES string of the molecule is O=[N+]([O-])c1cc(S(=O)(=O)N2CCOCC2)ccc1NCCC12CC3CC(CC(C3)C1)C2. The maximum absolute atomic E-state index is 12.9. The van der Waals surface area contributed by atoms with Gasteiger partial charge in [0.05, 0.1) is 23.0 Å². The minimum absolute atomic E-state index is 0.0345. The number of hydrogen-bond donors (Lipinski definition) is 1. The van der Waals surface area contributed by atoms with Gasteiger partial charge in [-0.15, -0.1) is 0 Å². The molecule has 1 saturated heterocycles. The summed E-state index contributed by atoms with van der Waals surface area (Å²) in [6, 6.07) is 4.22. The first-order valence-electron chi connectivity index (χ1n) is 11.4. The van der Waals surface area contributed by atoms with Gasteiger partial charge in [-0.3, -0.25) is 10.1 Å². The van der Waals surface area contributed by atoms with Crippen LogP contribution in [0.4, 0.5) is 11.4 Å². The number of anilines is 1. The van der Waals surface area contributed by atoms with Gasteiger partial charge in [-0.05, 0) is 80.2 Å². The summed E-state index contributed by atoms with van der Waals surface area (Å²) in [7, 11) is -3.76. The predicted molar refractivity (Wildman–Crippen MR) is 116 cm³/mol. The Bertz CT molecular complexity index is 923. The zero-order valence-corrected chi connectivity index (χ0v) is 18.6. The summed E-state index contributed by atoms with van der Waals surface area (Å²) < 4.78 is 32.3. The maximum atomic E-state index is 12.9. The third-order valence-electron chi connectivity index (χ3n) is 7.91. The Balaban J connectivity index is 1.29. The lowest BCUT2D eigenvalue weighted by Gasteiger charge is -2.57. The lowest BCUT2D eigenvalue weighted by atomic mass is 9.49. The minimum atomic E-state index is -3.76. The summed E-state index contributed by atoms with van der Waals surface area (Å²) in [4.78, 5) is 11.2. The molecule has 1 aromatic rings. The van der Waals surface area contributed by atoms with Crippen molar-refractivity contribution in [1.82, 2.24) is 4.31 Å². The van der Waals surface area contributed by atoms with Crippen molar-refractivity contribution in [1.29, 1.82) is 0 Å². The molecule has 0 atom stereocenters. The van der Waals surface area contributed by atoms with Gasteiger partial charge in [0.25, 0.3) is 5.69 Å². The van der Waals surface area contributed by atoms with Crippen molar-refractivity contribution in [2.45, 2.75) is 49.8 Å². The smallest absolute Gasteiger partial charge is 0.293 e. The number of hydrogen-bond acceptors (Lipinski definition) is 6. The number of ether oxygens (including phenoxy) is 1. The topological polar surface area (TPSA) is 102 Å². The van der Waals surface area contributed by atoms with Crippen LogP contribution in [0.1, 0.15) is 44.9 Å². The number of sulfonamides is 1. The molecule has 4 saturated carbocycles. The van der Waals surface area contributed by atoms with Crippen molar-refractivity contribution in [3.05, 3.63) is 28.3 Å². The molecule has 0 radical (unpaired) electrons. The molecular weight excluding hydrogens is 418 g/mol. The fraction of sp³-hybridized carbons (Fsp3) is 0.727. The predicted octanol–water partition coefficient (Wildman–Crippen LogP) is 3.63. The standard InChI is InChI=1S/C22H31N3O5S/c26-25(27)21-12-19(31(28,29)24-5-7-30-8-6-24)1-2-20(21)23-4-3-22-13-16-9-17(14-22)11-18(10-16)15-22/h1-2,12,16-18,23H,3-11,13-15H2. The fourth-order valence-corrected chi connectivity index (χ4v) is 8.40. The van der Waals surface area contributed by atoms with E-state index in [0.29, 0.717) is 30.9 Å². The van der Waals surface area contributed by atoms with E-state index in [-0.39, 0.29) is 23.7 Å². The van der Waals surface area contributed by atoms with Crippen molar-refractivity contribution >= 4 is 21.4 Å². The monoisotopic (exact) mass is 449 g/mol. The second kappa shape index (κ2) is 8.01. The molecule has 31 heavy (non-hydrogen) atoms. The van der Waals surface area contributed by atoms with E-state index in [0.717, 1.165) is 24.2 Å². The molecule has 1 heterocycles. The summed E-state index contributed by atoms with van der Waals surface area (Å²) >= 11 is 0. The summed E-state index contributed by atoms with van der Waals surface area (Å²) in [5, 5.41) is 15.0. The summed E-state index contributed by atoms with van der Waals surface area (Å²) in [5.74, 6) is 2.64. The molecular formula is C22H31N3O5S. The minimum Gasteiger partial charge on any atom is -0.379 e. The highest BCUT2D eigenvalue weighted by Gasteiger charge is 2.50. The Kier molecular flexibility index (Phi) is 5.46. The van der Waals surface area contributed by atoms with Crippen LogP contribution in [0.3, 0.4) is 0 Å². The average molecular weight is 450 g/mol. The molecule has 0 unspecified atom stereocenters. The highest BCUT2D eigenvalue weighted by atomic mass is 32.2. The van der Waals surface area contributed by atoms with Crippen molar-refractivity contribution in [2.75, 3.05) is 38.2 Å². The van der Waals surface area contributed by atoms with Crippen molar-refractivity contribution in [3.63, 3.8) is 0 Å². The van der Waals surface area contributed by atoms with Gasteiger partial charge in [0.15, 0.2) is 0 Å². The molecule has 9 heteroatoms. The Morgan fingerprint density at radius 1 is 1.10 bits per heavy atom. The summed E-state index contributed by atoms with van der Waals surface area (Å²) in [6.45, 7) is 1.89. The first kappa shape index (κ1) is 21.2. The van der Waals surface area contributed by atoms with Gasteiger partial charge >= 0.3 is 0 Å². The number of nitrogens with one attached hydrogen (secondary N) is 1. The molecule has 8 nitrogen and oxygen atoms in total. The normalized spacial score (nSPS) is 32.8. The Labute approximate surface area is 183 Å². The molecule has 5 aliphatic rings. The van der Waals surface area contributed by atoms with E-state index in [2.05, 4.69) is 5.32 Å². The van der Waals surface area contributed by atoms with E-state index in [4.69, 9.17) is 4.74 Å². The second-order valence-electron chi connectivity index (χ2n) is 10.0. The first-order chi connectivity index (χ1) is 14.8. The summed E-state index contributed by atoms with van der Waals surface area (Å²) in [5.41, 5.74) is 0.617. The van der Waals surface area contributed by atoms with Crippen LogP contribution in [0, 0.1) is 33.3 Å². The van der Waals surface area contributed by atoms with E-state index < -0.39 is 14.9 Å². The first-order valence-corrected chi connectivity index (χ1v) is 12.9. The molecule has 0 aromatic heterocycles. The third kappa shape index (κ3) is 4.07. The quantitative estimate of drug-likeness (QED) is 0.504. The highest BCUT2D eigenvalue weighted by Crippen LogP contribution is 2.61. The van der Waals surface area contributed by atoms with E-state index in [1.54, 1.807) is 6.07 Å². The molecule has 1 aliphatic heterocycles. The second-order valence-corrected chi connectivity index (χ2v) is 12.0. The zero-order chi connectivity index (χ0) is 21.6. The lowest BCUT2D eigenvalue weighted by Crippen LogP contribution is -2.46. The van der Waals surface area contributed by atoms with Gasteiger partial charge in [0.1, 0.15) is 5.69 Å². The van der Waals surface area contributed by atoms with Gasteiger partial charge in [0, 0.05) is 25.7 Å². The molecule has 4 bridgehead atoms. The number of morpholine rings is 1. The lowest BCUT2D eigenvalue weighted by molar-refractivity contribution is -0.384. The Morgan fingerprint density at radius 2 is 1.71 bits per heavy atom. The zero-order valence-electron chi connectivity index (χ0n) is 17.8. The van der Waals surface area contributed by atoms with Crippen LogP contribution < -0.4 is 5.32 Å². The van der Waals surface area contributed by atoms with Crippen LogP contribution in [0.2, 0.25) is 0 Å². The van der Waals surface area contributed by atoms with Crippen molar-refractivity contribution in [3.8, 4) is 0 Å². The van der Waals surface area contributed by atoms with Crippen LogP contribution in [0.25, 0.3) is 0 Å². The molecule has 6 rings (SSSR count). The van der Waals surface area contributed by atoms with E-state index in [1.165, 1.54) is 55.0 Å². The van der Waals surface area contributed by atoms with Gasteiger partial charge in [0.2, 0.25) is 10.0 Å². The molecule has 0 spiro atoms. The van der Waals surface area contributed by atoms with Gasteiger partial charge in [-0.25, -0.2) is 8.42 Å². The van der Waals surface area contributed by atoms with E-state index in [9.17, 15) is 18.5 Å². The molecule has 5 fully saturated rings. The Morgan fingerprint density at radius 3 is 2.29 bits per heavy atom. The molecule has 1 aromatic carbocycles. The van der Waals surface area contributed by atoms with Crippen LogP contribution in [0.5, 0.6) is 0 Å². The van der Waals surface area contributed by atoms with Gasteiger partial charge in [-0.1, -0.05) is 0 Å². The van der Waals surface area contributed by atoms with Crippen LogP contribution in [-0.2, 0) is 14.8 Å². The molecule has 1 N–H and O–H groups in total. The summed E-state index contributed by atoms with van der Waals surface area (Å²) in [6.07, 6.45) is 9.14. The third-order valence-corrected chi connectivity index (χ3v) is 9.80. The van der Waals surface area contributed by atoms with E-state index >= 15 is 0 Å². The Hall–Kier alpha value is -1.71. The molecule has 0 amide bonds. The largest absolute Gasteiger partial charge is 0.379 e. The average Bonchev–Trinajstić information content (AvgIpc) is 2.73. The number of nitro benzene ring substituents is 1. The van der Waals surface area contributed by atoms with Crippen LogP contribution >= 0.6 is 0 Å². The number of nitro groups is 1. The van der Waals surface area contributed by atoms with Gasteiger partial charge < -0.3 is 10.1 Å².